The number of Topliss-reactive ketones (excluding diaryl/α,β-unsaturated/α-hetero) is 1. The molecular weight excluding hydrogens is 552 g/mol. The Balaban J connectivity index is 1.84. The van der Waals surface area contributed by atoms with Gasteiger partial charge in [-0.3, -0.25) is 14.4 Å². The van der Waals surface area contributed by atoms with Crippen molar-refractivity contribution in [1.29, 1.82) is 0 Å². The molecule has 0 amide bonds. The van der Waals surface area contributed by atoms with Gasteiger partial charge in [0.2, 0.25) is 0 Å². The number of hydrogen-bond donors (Lipinski definition) is 1. The Morgan fingerprint density at radius 3 is 2.07 bits per heavy atom. The Kier molecular flexibility index (Phi) is 12.5. The second kappa shape index (κ2) is 15.1. The zero-order valence-corrected chi connectivity index (χ0v) is 29.2. The van der Waals surface area contributed by atoms with Crippen LogP contribution in [0.4, 0.5) is 0 Å². The van der Waals surface area contributed by atoms with Gasteiger partial charge < -0.3 is 14.6 Å². The third-order valence-electron chi connectivity index (χ3n) is 11.7. The maximum absolute atomic E-state index is 14.8. The van der Waals surface area contributed by atoms with Crippen LogP contribution >= 0.6 is 0 Å². The highest BCUT2D eigenvalue weighted by atomic mass is 16.6. The molecule has 1 spiro atoms. The van der Waals surface area contributed by atoms with Crippen LogP contribution in [-0.4, -0.2) is 40.6 Å². The van der Waals surface area contributed by atoms with E-state index >= 15 is 0 Å². The molecule has 0 aliphatic heterocycles. The second-order valence-corrected chi connectivity index (χ2v) is 15.1. The number of carbonyl (C=O) groups excluding carboxylic acids is 3. The van der Waals surface area contributed by atoms with Crippen LogP contribution in [0.15, 0.2) is 23.3 Å². The van der Waals surface area contributed by atoms with Crippen LogP contribution in [0.25, 0.3) is 0 Å². The van der Waals surface area contributed by atoms with Crippen LogP contribution in [0, 0.1) is 28.6 Å². The van der Waals surface area contributed by atoms with E-state index in [0.717, 1.165) is 43.3 Å². The van der Waals surface area contributed by atoms with Gasteiger partial charge in [-0.15, -0.1) is 0 Å². The molecule has 4 unspecified atom stereocenters. The number of ketones is 1. The third kappa shape index (κ3) is 7.21. The van der Waals surface area contributed by atoms with Gasteiger partial charge in [0.05, 0.1) is 11.0 Å². The Morgan fingerprint density at radius 1 is 0.886 bits per heavy atom. The smallest absolute Gasteiger partial charge is 0.306 e. The van der Waals surface area contributed by atoms with Crippen molar-refractivity contribution < 1.29 is 29.0 Å². The molecule has 0 aromatic rings. The highest BCUT2D eigenvalue weighted by Crippen LogP contribution is 2.64. The van der Waals surface area contributed by atoms with Gasteiger partial charge >= 0.3 is 11.9 Å². The number of unbranched alkanes of at least 4 members (excludes halogenated alkanes) is 9. The van der Waals surface area contributed by atoms with Gasteiger partial charge in [-0.2, -0.15) is 0 Å². The third-order valence-corrected chi connectivity index (χ3v) is 11.7. The number of ether oxygens (including phenoxy) is 2. The summed E-state index contributed by atoms with van der Waals surface area (Å²) in [5, 5.41) is 12.6. The van der Waals surface area contributed by atoms with Gasteiger partial charge in [0.1, 0.15) is 12.2 Å². The van der Waals surface area contributed by atoms with Crippen molar-refractivity contribution in [3.8, 4) is 0 Å². The zero-order chi connectivity index (χ0) is 32.8. The fourth-order valence-corrected chi connectivity index (χ4v) is 8.40. The van der Waals surface area contributed by atoms with Crippen molar-refractivity contribution in [2.45, 2.75) is 163 Å². The van der Waals surface area contributed by atoms with Crippen LogP contribution in [0.5, 0.6) is 0 Å². The molecule has 6 nitrogen and oxygen atoms in total. The van der Waals surface area contributed by atoms with Crippen LogP contribution in [0.2, 0.25) is 0 Å². The predicted molar refractivity (Wildman–Crippen MR) is 176 cm³/mol. The van der Waals surface area contributed by atoms with E-state index in [1.807, 2.05) is 60.6 Å². The molecule has 0 saturated heterocycles. The summed E-state index contributed by atoms with van der Waals surface area (Å²) in [6.07, 6.45) is 17.8. The molecular formula is C38H62O6. The molecule has 0 radical (unpaired) electrons. The summed E-state index contributed by atoms with van der Waals surface area (Å²) in [5.74, 6) is -1.78. The lowest BCUT2D eigenvalue weighted by Gasteiger charge is -2.48. The summed E-state index contributed by atoms with van der Waals surface area (Å²) in [5.41, 5.74) is -2.41. The summed E-state index contributed by atoms with van der Waals surface area (Å²) in [4.78, 5) is 40.7. The Morgan fingerprint density at radius 2 is 1.45 bits per heavy atom. The first-order valence-corrected chi connectivity index (χ1v) is 17.7. The van der Waals surface area contributed by atoms with Crippen LogP contribution < -0.4 is 0 Å². The zero-order valence-electron chi connectivity index (χ0n) is 29.2. The van der Waals surface area contributed by atoms with E-state index in [2.05, 4.69) is 6.92 Å². The highest BCUT2D eigenvalue weighted by molar-refractivity contribution is 5.95. The molecule has 6 heteroatoms. The molecule has 250 valence electrons. The molecule has 2 bridgehead atoms. The standard InChI is InChI=1S/C38H62O6/c1-9-11-13-14-15-16-17-18-19-21-33(40)44-36(8)25-28(4)37-23-27(3)24-38(37,42)29(5)30(26-43-32(39)20-12-10-2)22-31(34(37)41)35(36,6)7/h22-23,28-29,31,42H,9-21,24-26H2,1-8H3/t28-,29?,31?,36-,37?,38?/m1/s1. The van der Waals surface area contributed by atoms with E-state index in [1.54, 1.807) is 0 Å². The predicted octanol–water partition coefficient (Wildman–Crippen LogP) is 8.84. The number of allylic oxidation sites excluding steroid dienone is 1. The number of aliphatic hydroxyl groups is 1. The quantitative estimate of drug-likeness (QED) is 0.106. The Bertz CT molecular complexity index is 1090. The van der Waals surface area contributed by atoms with E-state index in [9.17, 15) is 19.5 Å². The molecule has 44 heavy (non-hydrogen) atoms. The van der Waals surface area contributed by atoms with E-state index in [-0.39, 0.29) is 36.2 Å². The SMILES string of the molecule is CCCCCCCCCCCC(=O)O[C@]1(C)C[C@@H](C)C23C=C(C)CC2(O)C(C)C(COC(=O)CCCC)=CC(C3=O)C1(C)C. The van der Waals surface area contributed by atoms with Gasteiger partial charge in [0.15, 0.2) is 5.78 Å². The minimum absolute atomic E-state index is 0.0211. The fourth-order valence-electron chi connectivity index (χ4n) is 8.40. The maximum Gasteiger partial charge on any atom is 0.306 e. The molecule has 3 rings (SSSR count). The first kappa shape index (κ1) is 36.5. The van der Waals surface area contributed by atoms with Crippen molar-refractivity contribution in [1.82, 2.24) is 0 Å². The van der Waals surface area contributed by atoms with Crippen LogP contribution in [0.3, 0.4) is 0 Å². The van der Waals surface area contributed by atoms with E-state index in [4.69, 9.17) is 9.47 Å². The summed E-state index contributed by atoms with van der Waals surface area (Å²) >= 11 is 0. The lowest BCUT2D eigenvalue weighted by atomic mass is 9.58. The van der Waals surface area contributed by atoms with Gasteiger partial charge in [-0.05, 0) is 51.0 Å². The maximum atomic E-state index is 14.8. The second-order valence-electron chi connectivity index (χ2n) is 15.1. The largest absolute Gasteiger partial charge is 0.461 e. The van der Waals surface area contributed by atoms with Crippen molar-refractivity contribution in [2.24, 2.45) is 28.6 Å². The molecule has 0 aromatic carbocycles. The normalized spacial score (nSPS) is 32.7. The molecule has 3 aliphatic rings. The summed E-state index contributed by atoms with van der Waals surface area (Å²) in [6.45, 7) is 16.3. The first-order chi connectivity index (χ1) is 20.7. The number of fused-ring (bicyclic) bond motifs is 1. The van der Waals surface area contributed by atoms with Crippen molar-refractivity contribution in [2.75, 3.05) is 6.61 Å². The van der Waals surface area contributed by atoms with E-state index < -0.39 is 27.9 Å². The summed E-state index contributed by atoms with van der Waals surface area (Å²) in [6, 6.07) is 0. The van der Waals surface area contributed by atoms with Gasteiger partial charge in [-0.1, -0.05) is 117 Å². The Labute approximate surface area is 267 Å². The van der Waals surface area contributed by atoms with Gasteiger partial charge in [0, 0.05) is 30.1 Å². The molecule has 1 saturated carbocycles. The monoisotopic (exact) mass is 614 g/mol. The Hall–Kier alpha value is -1.95. The lowest BCUT2D eigenvalue weighted by molar-refractivity contribution is -0.178. The number of esters is 2. The minimum Gasteiger partial charge on any atom is -0.461 e. The molecule has 0 heterocycles. The first-order valence-electron chi connectivity index (χ1n) is 17.7. The van der Waals surface area contributed by atoms with Crippen molar-refractivity contribution in [3.63, 3.8) is 0 Å². The van der Waals surface area contributed by atoms with Crippen molar-refractivity contribution >= 4 is 17.7 Å². The summed E-state index contributed by atoms with van der Waals surface area (Å²) in [7, 11) is 0. The van der Waals surface area contributed by atoms with Crippen molar-refractivity contribution in [3.05, 3.63) is 23.3 Å². The molecule has 6 atom stereocenters. The number of carbonyl (C=O) groups is 3. The highest BCUT2D eigenvalue weighted by Gasteiger charge is 2.70. The number of hydrogen-bond acceptors (Lipinski definition) is 6. The molecule has 3 aliphatic carbocycles. The molecule has 0 aromatic heterocycles. The molecule has 1 N–H and O–H groups in total. The topological polar surface area (TPSA) is 89.9 Å². The summed E-state index contributed by atoms with van der Waals surface area (Å²) < 4.78 is 12.1. The van der Waals surface area contributed by atoms with E-state index in [0.29, 0.717) is 25.7 Å². The van der Waals surface area contributed by atoms with Crippen LogP contribution in [0.1, 0.15) is 152 Å². The average molecular weight is 615 g/mol. The lowest BCUT2D eigenvalue weighted by Crippen LogP contribution is -2.57. The average Bonchev–Trinajstić information content (AvgIpc) is 3.20. The molecule has 1 fully saturated rings. The fraction of sp³-hybridized carbons (Fsp3) is 0.816. The minimum atomic E-state index is -1.36. The van der Waals surface area contributed by atoms with Crippen LogP contribution in [-0.2, 0) is 23.9 Å². The van der Waals surface area contributed by atoms with Gasteiger partial charge in [-0.25, -0.2) is 0 Å². The van der Waals surface area contributed by atoms with E-state index in [1.165, 1.54) is 38.5 Å². The van der Waals surface area contributed by atoms with Gasteiger partial charge in [0.25, 0.3) is 0 Å². The number of rotatable bonds is 16.